The van der Waals surface area contributed by atoms with Gasteiger partial charge in [-0.2, -0.15) is 0 Å². The van der Waals surface area contributed by atoms with Crippen molar-refractivity contribution < 1.29 is 38.3 Å². The molecule has 0 amide bonds. The summed E-state index contributed by atoms with van der Waals surface area (Å²) in [4.78, 5) is 52.1. The van der Waals surface area contributed by atoms with Gasteiger partial charge in [-0.3, -0.25) is 14.9 Å². The fourth-order valence-corrected chi connectivity index (χ4v) is 7.84. The van der Waals surface area contributed by atoms with Gasteiger partial charge >= 0.3 is 18.1 Å². The molecule has 0 aromatic heterocycles. The third kappa shape index (κ3) is 31.2. The normalized spacial score (nSPS) is 12.5. The molecule has 0 heterocycles. The monoisotopic (exact) mass is 898 g/mol. The van der Waals surface area contributed by atoms with Gasteiger partial charge in [-0.15, -0.1) is 0 Å². The van der Waals surface area contributed by atoms with Gasteiger partial charge in [-0.05, 0) is 82.8 Å². The highest BCUT2D eigenvalue weighted by atomic mass is 16.7. The first-order valence-electron chi connectivity index (χ1n) is 26.0. The SMILES string of the molecule is CCCCC/C=C\C/C=C\CCCCCCCC(=O)OC(CCCCCCCCC)(COC(=O)Oc1ccc([N+](=O)[O-])cc1)C(=O)OC(CCCCCCCC)CCCCCCCC. The maximum absolute atomic E-state index is 14.6. The van der Waals surface area contributed by atoms with Crippen LogP contribution in [0.1, 0.15) is 246 Å². The Balaban J connectivity index is 3.15. The van der Waals surface area contributed by atoms with Crippen LogP contribution >= 0.6 is 0 Å². The average Bonchev–Trinajstić information content (AvgIpc) is 3.28. The van der Waals surface area contributed by atoms with Gasteiger partial charge in [0.25, 0.3) is 5.69 Å². The minimum atomic E-state index is -1.84. The predicted molar refractivity (Wildman–Crippen MR) is 262 cm³/mol. The lowest BCUT2D eigenvalue weighted by molar-refractivity contribution is -0.384. The molecule has 10 nitrogen and oxygen atoms in total. The molecule has 1 unspecified atom stereocenters. The highest BCUT2D eigenvalue weighted by molar-refractivity contribution is 5.84. The molecule has 0 N–H and O–H groups in total. The number of hydrogen-bond acceptors (Lipinski definition) is 9. The third-order valence-corrected chi connectivity index (χ3v) is 11.9. The van der Waals surface area contributed by atoms with E-state index in [0.717, 1.165) is 128 Å². The molecule has 0 aliphatic rings. The number of nitrogens with zero attached hydrogens (tertiary/aromatic N) is 1. The topological polar surface area (TPSA) is 131 Å². The van der Waals surface area contributed by atoms with Crippen molar-refractivity contribution in [3.8, 4) is 5.75 Å². The second-order valence-corrected chi connectivity index (χ2v) is 17.9. The zero-order chi connectivity index (χ0) is 46.8. The second kappa shape index (κ2) is 40.8. The summed E-state index contributed by atoms with van der Waals surface area (Å²) >= 11 is 0. The summed E-state index contributed by atoms with van der Waals surface area (Å²) in [7, 11) is 0. The highest BCUT2D eigenvalue weighted by Crippen LogP contribution is 2.29. The summed E-state index contributed by atoms with van der Waals surface area (Å²) < 4.78 is 23.6. The van der Waals surface area contributed by atoms with Crippen LogP contribution in [0.4, 0.5) is 10.5 Å². The van der Waals surface area contributed by atoms with Crippen LogP contribution in [-0.2, 0) is 23.8 Å². The number of esters is 2. The Morgan fingerprint density at radius 2 is 1.05 bits per heavy atom. The van der Waals surface area contributed by atoms with E-state index < -0.39 is 35.2 Å². The van der Waals surface area contributed by atoms with Crippen LogP contribution in [0, 0.1) is 10.1 Å². The number of benzene rings is 1. The molecular formula is C54H91NO9. The molecule has 0 radical (unpaired) electrons. The minimum absolute atomic E-state index is 0.0483. The predicted octanol–water partition coefficient (Wildman–Crippen LogP) is 16.8. The van der Waals surface area contributed by atoms with E-state index in [9.17, 15) is 24.5 Å². The summed E-state index contributed by atoms with van der Waals surface area (Å²) in [6.07, 6.45) is 41.3. The number of rotatable bonds is 43. The molecule has 366 valence electrons. The molecule has 1 rings (SSSR count). The molecule has 0 spiro atoms. The van der Waals surface area contributed by atoms with Crippen molar-refractivity contribution in [1.82, 2.24) is 0 Å². The molecule has 64 heavy (non-hydrogen) atoms. The Morgan fingerprint density at radius 1 is 0.594 bits per heavy atom. The van der Waals surface area contributed by atoms with Crippen molar-refractivity contribution in [1.29, 1.82) is 0 Å². The molecule has 0 fully saturated rings. The van der Waals surface area contributed by atoms with Gasteiger partial charge in [0.1, 0.15) is 18.5 Å². The number of carbonyl (C=O) groups excluding carboxylic acids is 3. The smallest absolute Gasteiger partial charge is 0.459 e. The number of allylic oxidation sites excluding steroid dienone is 4. The fourth-order valence-electron chi connectivity index (χ4n) is 7.84. The van der Waals surface area contributed by atoms with Crippen molar-refractivity contribution in [3.63, 3.8) is 0 Å². The van der Waals surface area contributed by atoms with Gasteiger partial charge in [0.15, 0.2) is 0 Å². The van der Waals surface area contributed by atoms with Crippen molar-refractivity contribution in [2.75, 3.05) is 6.61 Å². The van der Waals surface area contributed by atoms with E-state index in [4.69, 9.17) is 18.9 Å². The molecule has 10 heteroatoms. The van der Waals surface area contributed by atoms with Gasteiger partial charge in [-0.1, -0.05) is 187 Å². The lowest BCUT2D eigenvalue weighted by Gasteiger charge is -2.32. The Kier molecular flexibility index (Phi) is 37.2. The fraction of sp³-hybridized carbons (Fsp3) is 0.759. The second-order valence-electron chi connectivity index (χ2n) is 17.9. The summed E-state index contributed by atoms with van der Waals surface area (Å²) in [5.41, 5.74) is -1.99. The average molecular weight is 898 g/mol. The number of non-ortho nitro benzene ring substituents is 1. The standard InChI is InChI=1S/C54H91NO9/c1-5-9-13-17-21-22-23-24-25-26-27-28-29-33-37-41-51(56)64-54(46-38-34-30-18-14-10-6-2,47-61-53(58)63-50-44-42-48(43-45-50)55(59)60)52(57)62-49(39-35-31-19-15-11-7-3)40-36-32-20-16-12-8-4/h21-22,24-25,42-45,49H,5-20,23,26-41,46-47H2,1-4H3/b22-21-,25-24-. The van der Waals surface area contributed by atoms with Gasteiger partial charge in [0, 0.05) is 25.0 Å². The van der Waals surface area contributed by atoms with Crippen LogP contribution in [0.15, 0.2) is 48.6 Å². The molecule has 1 aromatic carbocycles. The zero-order valence-electron chi connectivity index (χ0n) is 41.1. The largest absolute Gasteiger partial charge is 0.514 e. The highest BCUT2D eigenvalue weighted by Gasteiger charge is 2.46. The summed E-state index contributed by atoms with van der Waals surface area (Å²) in [6.45, 7) is 8.27. The summed E-state index contributed by atoms with van der Waals surface area (Å²) in [5, 5.41) is 11.2. The Labute approximate surface area is 389 Å². The summed E-state index contributed by atoms with van der Waals surface area (Å²) in [6, 6.07) is 5.07. The van der Waals surface area contributed by atoms with Gasteiger partial charge in [-0.25, -0.2) is 9.59 Å². The van der Waals surface area contributed by atoms with E-state index in [0.29, 0.717) is 12.8 Å². The lowest BCUT2D eigenvalue weighted by atomic mass is 9.95. The van der Waals surface area contributed by atoms with Crippen LogP contribution in [0.2, 0.25) is 0 Å². The maximum Gasteiger partial charge on any atom is 0.514 e. The molecule has 1 atom stereocenters. The maximum atomic E-state index is 14.6. The minimum Gasteiger partial charge on any atom is -0.459 e. The molecule has 1 aromatic rings. The van der Waals surface area contributed by atoms with E-state index in [1.165, 1.54) is 88.5 Å². The first-order chi connectivity index (χ1) is 31.2. The van der Waals surface area contributed by atoms with E-state index in [1.807, 2.05) is 0 Å². The van der Waals surface area contributed by atoms with Crippen LogP contribution < -0.4 is 4.74 Å². The Morgan fingerprint density at radius 3 is 1.58 bits per heavy atom. The van der Waals surface area contributed by atoms with E-state index >= 15 is 0 Å². The number of nitro benzene ring substituents is 1. The molecule has 0 aliphatic carbocycles. The van der Waals surface area contributed by atoms with Gasteiger partial charge in [0.05, 0.1) is 4.92 Å². The van der Waals surface area contributed by atoms with Gasteiger partial charge < -0.3 is 18.9 Å². The van der Waals surface area contributed by atoms with Crippen molar-refractivity contribution in [2.45, 2.75) is 258 Å². The third-order valence-electron chi connectivity index (χ3n) is 11.9. The lowest BCUT2D eigenvalue weighted by Crippen LogP contribution is -2.50. The van der Waals surface area contributed by atoms with Crippen molar-refractivity contribution >= 4 is 23.8 Å². The van der Waals surface area contributed by atoms with Crippen molar-refractivity contribution in [2.24, 2.45) is 0 Å². The number of ether oxygens (including phenoxy) is 4. The Bertz CT molecular complexity index is 1360. The first-order valence-corrected chi connectivity index (χ1v) is 26.0. The molecular weight excluding hydrogens is 807 g/mol. The van der Waals surface area contributed by atoms with E-state index in [2.05, 4.69) is 52.0 Å². The molecule has 0 aliphatic heterocycles. The molecule has 0 saturated carbocycles. The number of hydrogen-bond donors (Lipinski definition) is 0. The summed E-state index contributed by atoms with van der Waals surface area (Å²) in [5.74, 6) is -1.13. The Hall–Kier alpha value is -3.69. The first kappa shape index (κ1) is 58.3. The van der Waals surface area contributed by atoms with Crippen LogP contribution in [-0.4, -0.2) is 41.3 Å². The molecule has 0 bridgehead atoms. The van der Waals surface area contributed by atoms with Crippen LogP contribution in [0.5, 0.6) is 5.75 Å². The zero-order valence-corrected chi connectivity index (χ0v) is 41.1. The van der Waals surface area contributed by atoms with Gasteiger partial charge in [0.2, 0.25) is 5.60 Å². The quantitative estimate of drug-likeness (QED) is 0.0120. The van der Waals surface area contributed by atoms with Crippen molar-refractivity contribution in [3.05, 3.63) is 58.7 Å². The van der Waals surface area contributed by atoms with Crippen LogP contribution in [0.25, 0.3) is 0 Å². The number of nitro groups is 1. The molecule has 0 saturated heterocycles. The number of unbranched alkanes of at least 4 members (excludes halogenated alkanes) is 24. The van der Waals surface area contributed by atoms with E-state index in [1.54, 1.807) is 0 Å². The number of carbonyl (C=O) groups is 3. The van der Waals surface area contributed by atoms with E-state index in [-0.39, 0.29) is 30.4 Å². The van der Waals surface area contributed by atoms with Crippen LogP contribution in [0.3, 0.4) is 0 Å².